The minimum Gasteiger partial charge on any atom is -0.456 e. The van der Waals surface area contributed by atoms with Gasteiger partial charge in [-0.1, -0.05) is 132 Å². The molecule has 12 aromatic rings. The van der Waals surface area contributed by atoms with Gasteiger partial charge in [-0.3, -0.25) is 0 Å². The first-order chi connectivity index (χ1) is 29.6. The van der Waals surface area contributed by atoms with Gasteiger partial charge in [-0.15, -0.1) is 0 Å². The molecule has 1 aliphatic rings. The molecule has 0 fully saturated rings. The molecule has 0 atom stereocenters. The van der Waals surface area contributed by atoms with Crippen molar-refractivity contribution >= 4 is 95.3 Å². The molecule has 0 unspecified atom stereocenters. The smallest absolute Gasteiger partial charge is 0.198 e. The molecule has 0 bridgehead atoms. The fraction of sp³-hybridized carbons (Fsp3) is 0.0182. The van der Waals surface area contributed by atoms with Crippen LogP contribution < -0.4 is 16.2 Å². The molecule has 1 aliphatic heterocycles. The highest BCUT2D eigenvalue weighted by molar-refractivity contribution is 6.74. The maximum Gasteiger partial charge on any atom is 0.198 e. The molecule has 5 heteroatoms. The molecule has 9 aromatic carbocycles. The van der Waals surface area contributed by atoms with E-state index in [1.807, 2.05) is 12.1 Å². The molecule has 279 valence electrons. The summed E-state index contributed by atoms with van der Waals surface area (Å²) in [4.78, 5) is 0. The highest BCUT2D eigenvalue weighted by Crippen LogP contribution is 2.47. The van der Waals surface area contributed by atoms with Gasteiger partial charge in [0, 0.05) is 60.5 Å². The van der Waals surface area contributed by atoms with Crippen LogP contribution in [0, 0.1) is 6.92 Å². The van der Waals surface area contributed by atoms with Crippen LogP contribution in [-0.2, 0) is 0 Å². The van der Waals surface area contributed by atoms with Crippen molar-refractivity contribution in [2.45, 2.75) is 6.92 Å². The number of para-hydroxylation sites is 3. The van der Waals surface area contributed by atoms with E-state index >= 15 is 0 Å². The summed E-state index contributed by atoms with van der Waals surface area (Å²) in [6.45, 7) is 2.12. The molecule has 13 rings (SSSR count). The van der Waals surface area contributed by atoms with Gasteiger partial charge in [0.15, 0.2) is 7.28 Å². The highest BCUT2D eigenvalue weighted by atomic mass is 16.3. The highest BCUT2D eigenvalue weighted by Gasteiger charge is 2.30. The average Bonchev–Trinajstić information content (AvgIpc) is 3.97. The standard InChI is InChI=1S/C55H34BN2O2/c1-32-23-25-34(26-24-32)57-46-28-41-37-17-8-11-21-49(37)59-51(41)30-40(46)44-27-43(36-16-6-5-15-35(36)33-13-3-2-4-14-33)53-39-19-7-10-20-47(39)58-48-29-42-38-18-9-12-22-50(38)60-52(42)31-45(48)56-54(44)55(53)58/h2-31,57H,1H3. The molecule has 4 heterocycles. The molecule has 0 amide bonds. The van der Waals surface area contributed by atoms with Crippen molar-refractivity contribution < 1.29 is 8.83 Å². The average molecular weight is 766 g/mol. The molecule has 3 aromatic heterocycles. The summed E-state index contributed by atoms with van der Waals surface area (Å²) < 4.78 is 15.7. The predicted molar refractivity (Wildman–Crippen MR) is 251 cm³/mol. The fourth-order valence-electron chi connectivity index (χ4n) is 9.74. The lowest BCUT2D eigenvalue weighted by Crippen LogP contribution is -2.37. The minimum atomic E-state index is 0.847. The Kier molecular flexibility index (Phi) is 6.99. The van der Waals surface area contributed by atoms with E-state index in [9.17, 15) is 0 Å². The number of hydrogen-bond acceptors (Lipinski definition) is 3. The zero-order valence-electron chi connectivity index (χ0n) is 32.7. The van der Waals surface area contributed by atoms with Gasteiger partial charge in [-0.2, -0.15) is 0 Å². The van der Waals surface area contributed by atoms with Crippen LogP contribution in [0.2, 0.25) is 0 Å². The quantitative estimate of drug-likeness (QED) is 0.177. The van der Waals surface area contributed by atoms with Gasteiger partial charge < -0.3 is 18.7 Å². The summed E-state index contributed by atoms with van der Waals surface area (Å²) in [5.74, 6) is 0. The second-order valence-electron chi connectivity index (χ2n) is 16.0. The Morgan fingerprint density at radius 2 is 1.10 bits per heavy atom. The zero-order valence-corrected chi connectivity index (χ0v) is 32.7. The maximum atomic E-state index is 6.65. The third kappa shape index (κ3) is 4.87. The van der Waals surface area contributed by atoms with Gasteiger partial charge in [0.1, 0.15) is 22.3 Å². The minimum absolute atomic E-state index is 0.847. The number of nitrogens with one attached hydrogen (secondary N) is 1. The van der Waals surface area contributed by atoms with Crippen molar-refractivity contribution in [1.82, 2.24) is 4.57 Å². The van der Waals surface area contributed by atoms with Crippen molar-refractivity contribution in [2.75, 3.05) is 5.32 Å². The second-order valence-corrected chi connectivity index (χ2v) is 16.0. The molecule has 1 N–H and O–H groups in total. The number of hydrogen-bond donors (Lipinski definition) is 1. The predicted octanol–water partition coefficient (Wildman–Crippen LogP) is 13.6. The number of anilines is 2. The largest absolute Gasteiger partial charge is 0.456 e. The fourth-order valence-corrected chi connectivity index (χ4v) is 9.74. The summed E-state index contributed by atoms with van der Waals surface area (Å²) in [5, 5.41) is 10.7. The first-order valence-electron chi connectivity index (χ1n) is 20.5. The monoisotopic (exact) mass is 765 g/mol. The summed E-state index contributed by atoms with van der Waals surface area (Å²) in [7, 11) is 2.38. The van der Waals surface area contributed by atoms with Gasteiger partial charge in [-0.25, -0.2) is 0 Å². The number of fused-ring (bicyclic) bond motifs is 11. The Hall–Kier alpha value is -7.76. The van der Waals surface area contributed by atoms with Gasteiger partial charge in [-0.05, 0) is 101 Å². The lowest BCUT2D eigenvalue weighted by Gasteiger charge is -2.25. The van der Waals surface area contributed by atoms with Crippen LogP contribution in [0.3, 0.4) is 0 Å². The Morgan fingerprint density at radius 1 is 0.467 bits per heavy atom. The SMILES string of the molecule is Cc1ccc(Nc2cc3c(cc2-c2cc(-c4ccccc4-c4ccccc4)c4c5ccccc5n5c4c2[B]c2cc4oc6ccccc6c4cc2-5)oc2ccccc23)cc1. The number of rotatable bonds is 5. The summed E-state index contributed by atoms with van der Waals surface area (Å²) in [5.41, 5.74) is 19.3. The molecular weight excluding hydrogens is 731 g/mol. The van der Waals surface area contributed by atoms with E-state index in [1.54, 1.807) is 0 Å². The van der Waals surface area contributed by atoms with E-state index in [4.69, 9.17) is 8.83 Å². The van der Waals surface area contributed by atoms with Crippen molar-refractivity contribution in [3.8, 4) is 39.1 Å². The molecule has 0 aliphatic carbocycles. The van der Waals surface area contributed by atoms with Crippen molar-refractivity contribution in [2.24, 2.45) is 0 Å². The number of aryl methyl sites for hydroxylation is 1. The maximum absolute atomic E-state index is 6.65. The molecular formula is C55H34BN2O2. The number of benzene rings is 9. The first-order valence-corrected chi connectivity index (χ1v) is 20.5. The van der Waals surface area contributed by atoms with Crippen LogP contribution in [0.4, 0.5) is 11.4 Å². The van der Waals surface area contributed by atoms with E-state index in [1.165, 1.54) is 44.1 Å². The molecule has 0 spiro atoms. The van der Waals surface area contributed by atoms with Crippen LogP contribution in [0.15, 0.2) is 191 Å². The first kappa shape index (κ1) is 33.2. The summed E-state index contributed by atoms with van der Waals surface area (Å²) >= 11 is 0. The van der Waals surface area contributed by atoms with E-state index in [-0.39, 0.29) is 0 Å². The van der Waals surface area contributed by atoms with Crippen LogP contribution >= 0.6 is 0 Å². The summed E-state index contributed by atoms with van der Waals surface area (Å²) in [6.07, 6.45) is 0. The molecule has 60 heavy (non-hydrogen) atoms. The number of furan rings is 2. The number of nitrogens with zero attached hydrogens (tertiary/aromatic N) is 1. The zero-order chi connectivity index (χ0) is 39.5. The van der Waals surface area contributed by atoms with E-state index in [0.29, 0.717) is 0 Å². The van der Waals surface area contributed by atoms with E-state index in [2.05, 4.69) is 194 Å². The lowest BCUT2D eigenvalue weighted by molar-refractivity contribution is 0.669. The van der Waals surface area contributed by atoms with Crippen molar-refractivity contribution in [3.05, 3.63) is 188 Å². The van der Waals surface area contributed by atoms with Gasteiger partial charge >= 0.3 is 0 Å². The molecule has 0 saturated heterocycles. The third-order valence-corrected chi connectivity index (χ3v) is 12.5. The van der Waals surface area contributed by atoms with Gasteiger partial charge in [0.25, 0.3) is 0 Å². The Labute approximate surface area is 346 Å². The molecule has 4 nitrogen and oxygen atoms in total. The van der Waals surface area contributed by atoms with E-state index in [0.717, 1.165) is 88.5 Å². The van der Waals surface area contributed by atoms with Crippen LogP contribution in [0.25, 0.3) is 105 Å². The molecule has 0 saturated carbocycles. The van der Waals surface area contributed by atoms with Crippen molar-refractivity contribution in [1.29, 1.82) is 0 Å². The van der Waals surface area contributed by atoms with E-state index < -0.39 is 0 Å². The van der Waals surface area contributed by atoms with Crippen LogP contribution in [0.5, 0.6) is 0 Å². The number of aromatic nitrogens is 1. The third-order valence-electron chi connectivity index (χ3n) is 12.5. The lowest BCUT2D eigenvalue weighted by atomic mass is 9.58. The van der Waals surface area contributed by atoms with Crippen LogP contribution in [-0.4, -0.2) is 11.8 Å². The normalized spacial score (nSPS) is 12.2. The van der Waals surface area contributed by atoms with Gasteiger partial charge in [0.2, 0.25) is 0 Å². The second kappa shape index (κ2) is 12.6. The Bertz CT molecular complexity index is 3720. The van der Waals surface area contributed by atoms with Crippen LogP contribution in [0.1, 0.15) is 5.56 Å². The van der Waals surface area contributed by atoms with Crippen molar-refractivity contribution in [3.63, 3.8) is 0 Å². The Balaban J connectivity index is 1.19. The summed E-state index contributed by atoms with van der Waals surface area (Å²) in [6, 6.07) is 65.3. The van der Waals surface area contributed by atoms with Gasteiger partial charge in [0.05, 0.1) is 5.52 Å². The topological polar surface area (TPSA) is 43.2 Å². The Morgan fingerprint density at radius 3 is 1.87 bits per heavy atom. The molecule has 1 radical (unpaired) electrons.